The van der Waals surface area contributed by atoms with E-state index in [0.717, 1.165) is 16.8 Å². The number of carboxylic acids is 1. The fourth-order valence-corrected chi connectivity index (χ4v) is 1.92. The molecular formula is C8H9BrN2O2. The molecule has 2 aliphatic heterocycles. The van der Waals surface area contributed by atoms with E-state index < -0.39 is 12.0 Å². The van der Waals surface area contributed by atoms with Crippen LogP contribution < -0.4 is 5.32 Å². The molecular weight excluding hydrogens is 236 g/mol. The molecule has 0 aliphatic carbocycles. The first-order valence-electron chi connectivity index (χ1n) is 3.97. The molecule has 2 rings (SSSR count). The number of rotatable bonds is 1. The van der Waals surface area contributed by atoms with Crippen molar-refractivity contribution in [1.29, 1.82) is 0 Å². The van der Waals surface area contributed by atoms with Gasteiger partial charge in [-0.25, -0.2) is 4.79 Å². The lowest BCUT2D eigenvalue weighted by atomic mass is 10.3. The second kappa shape index (κ2) is 3.06. The molecule has 4 nitrogen and oxygen atoms in total. The average molecular weight is 245 g/mol. The zero-order valence-electron chi connectivity index (χ0n) is 6.83. The van der Waals surface area contributed by atoms with E-state index in [2.05, 4.69) is 21.2 Å². The molecule has 0 aromatic carbocycles. The third-order valence-electron chi connectivity index (χ3n) is 2.13. The topological polar surface area (TPSA) is 52.6 Å². The molecule has 70 valence electrons. The Hall–Kier alpha value is -0.970. The van der Waals surface area contributed by atoms with E-state index in [1.807, 2.05) is 17.1 Å². The normalized spacial score (nSPS) is 25.9. The summed E-state index contributed by atoms with van der Waals surface area (Å²) in [5, 5.41) is 11.7. The molecule has 1 fully saturated rings. The van der Waals surface area contributed by atoms with E-state index >= 15 is 0 Å². The number of hydrogen-bond acceptors (Lipinski definition) is 3. The molecule has 2 heterocycles. The van der Waals surface area contributed by atoms with Gasteiger partial charge in [-0.15, -0.1) is 0 Å². The number of nitrogens with one attached hydrogen (secondary N) is 1. The minimum atomic E-state index is -0.800. The van der Waals surface area contributed by atoms with Crippen molar-refractivity contribution in [2.75, 3.05) is 13.1 Å². The largest absolute Gasteiger partial charge is 0.480 e. The van der Waals surface area contributed by atoms with Gasteiger partial charge in [-0.1, -0.05) is 15.9 Å². The Bertz CT molecular complexity index is 311. The first-order chi connectivity index (χ1) is 6.16. The van der Waals surface area contributed by atoms with Gasteiger partial charge in [-0.05, 0) is 12.2 Å². The minimum Gasteiger partial charge on any atom is -0.480 e. The molecule has 0 aromatic rings. The number of aliphatic carboxylic acids is 1. The van der Waals surface area contributed by atoms with Crippen molar-refractivity contribution in [1.82, 2.24) is 10.2 Å². The molecule has 0 radical (unpaired) electrons. The Balaban J connectivity index is 2.13. The summed E-state index contributed by atoms with van der Waals surface area (Å²) < 4.78 is 1.07. The number of hydrogen-bond donors (Lipinski definition) is 2. The predicted octanol–water partition coefficient (Wildman–Crippen LogP) is 0.479. The fourth-order valence-electron chi connectivity index (χ4n) is 1.48. The number of carboxylic acid groups (broad SMARTS) is 1. The van der Waals surface area contributed by atoms with Gasteiger partial charge in [0.15, 0.2) is 0 Å². The van der Waals surface area contributed by atoms with E-state index in [9.17, 15) is 4.79 Å². The van der Waals surface area contributed by atoms with Gasteiger partial charge in [-0.2, -0.15) is 0 Å². The lowest BCUT2D eigenvalue weighted by Gasteiger charge is -2.20. The summed E-state index contributed by atoms with van der Waals surface area (Å²) in [6.07, 6.45) is 3.82. The highest BCUT2D eigenvalue weighted by atomic mass is 79.9. The molecule has 0 aromatic heterocycles. The second-order valence-corrected chi connectivity index (χ2v) is 4.10. The van der Waals surface area contributed by atoms with Crippen molar-refractivity contribution in [3.8, 4) is 0 Å². The van der Waals surface area contributed by atoms with E-state index in [1.165, 1.54) is 0 Å². The van der Waals surface area contributed by atoms with Crippen LogP contribution in [0.4, 0.5) is 0 Å². The van der Waals surface area contributed by atoms with Crippen LogP contribution in [-0.2, 0) is 4.79 Å². The number of nitrogens with zero attached hydrogens (tertiary/aromatic N) is 1. The maximum atomic E-state index is 10.7. The van der Waals surface area contributed by atoms with Crippen molar-refractivity contribution in [2.24, 2.45) is 0 Å². The molecule has 0 bridgehead atoms. The van der Waals surface area contributed by atoms with Crippen LogP contribution in [0.3, 0.4) is 0 Å². The van der Waals surface area contributed by atoms with Crippen LogP contribution in [0.15, 0.2) is 22.5 Å². The maximum Gasteiger partial charge on any atom is 0.328 e. The van der Waals surface area contributed by atoms with E-state index in [-0.39, 0.29) is 0 Å². The Morgan fingerprint density at radius 2 is 2.46 bits per heavy atom. The van der Waals surface area contributed by atoms with Gasteiger partial charge in [0.2, 0.25) is 0 Å². The predicted molar refractivity (Wildman–Crippen MR) is 51.2 cm³/mol. The molecule has 0 spiro atoms. The second-order valence-electron chi connectivity index (χ2n) is 3.08. The number of fused-ring (bicyclic) bond motifs is 1. The molecule has 0 unspecified atom stereocenters. The quantitative estimate of drug-likeness (QED) is 0.705. The van der Waals surface area contributed by atoms with Gasteiger partial charge in [0.05, 0.1) is 13.1 Å². The van der Waals surface area contributed by atoms with Crippen LogP contribution in [-0.4, -0.2) is 35.1 Å². The van der Waals surface area contributed by atoms with Gasteiger partial charge in [0.1, 0.15) is 11.9 Å². The SMILES string of the molecule is O=C(O)[C@@H]1CN2CC(Br)=CC=C2N1. The molecule has 0 saturated carbocycles. The van der Waals surface area contributed by atoms with Crippen LogP contribution in [0.25, 0.3) is 0 Å². The van der Waals surface area contributed by atoms with Gasteiger partial charge in [0.25, 0.3) is 0 Å². The minimum absolute atomic E-state index is 0.474. The first-order valence-corrected chi connectivity index (χ1v) is 4.77. The van der Waals surface area contributed by atoms with Crippen LogP contribution in [0.1, 0.15) is 0 Å². The van der Waals surface area contributed by atoms with Gasteiger partial charge in [0, 0.05) is 4.48 Å². The van der Waals surface area contributed by atoms with Crippen LogP contribution in [0.5, 0.6) is 0 Å². The highest BCUT2D eigenvalue weighted by Crippen LogP contribution is 2.21. The summed E-state index contributed by atoms with van der Waals surface area (Å²) in [6, 6.07) is -0.474. The number of halogens is 1. The van der Waals surface area contributed by atoms with Crippen LogP contribution in [0.2, 0.25) is 0 Å². The smallest absolute Gasteiger partial charge is 0.328 e. The summed E-state index contributed by atoms with van der Waals surface area (Å²) >= 11 is 3.38. The summed E-state index contributed by atoms with van der Waals surface area (Å²) in [5.41, 5.74) is 0. The third kappa shape index (κ3) is 1.56. The fraction of sp³-hybridized carbons (Fsp3) is 0.375. The van der Waals surface area contributed by atoms with Gasteiger partial charge >= 0.3 is 5.97 Å². The van der Waals surface area contributed by atoms with Gasteiger partial charge in [-0.3, -0.25) is 0 Å². The summed E-state index contributed by atoms with van der Waals surface area (Å²) in [5.74, 6) is 0.0991. The van der Waals surface area contributed by atoms with Crippen molar-refractivity contribution >= 4 is 21.9 Å². The van der Waals surface area contributed by atoms with Crippen LogP contribution in [0, 0.1) is 0 Å². The van der Waals surface area contributed by atoms with Crippen molar-refractivity contribution in [2.45, 2.75) is 6.04 Å². The zero-order valence-corrected chi connectivity index (χ0v) is 8.41. The van der Waals surface area contributed by atoms with E-state index in [1.54, 1.807) is 0 Å². The van der Waals surface area contributed by atoms with Crippen molar-refractivity contribution < 1.29 is 9.90 Å². The molecule has 2 aliphatic rings. The lowest BCUT2D eigenvalue weighted by molar-refractivity contribution is -0.138. The average Bonchev–Trinajstić information content (AvgIpc) is 2.46. The summed E-state index contributed by atoms with van der Waals surface area (Å²) in [6.45, 7) is 1.28. The molecule has 1 atom stereocenters. The van der Waals surface area contributed by atoms with E-state index in [0.29, 0.717) is 6.54 Å². The lowest BCUT2D eigenvalue weighted by Crippen LogP contribution is -2.32. The molecule has 1 saturated heterocycles. The highest BCUT2D eigenvalue weighted by molar-refractivity contribution is 9.11. The Morgan fingerprint density at radius 3 is 3.15 bits per heavy atom. The third-order valence-corrected chi connectivity index (χ3v) is 2.64. The Kier molecular flexibility index (Phi) is 2.03. The number of allylic oxidation sites excluding steroid dienone is 2. The number of carbonyl (C=O) groups is 1. The Morgan fingerprint density at radius 1 is 1.69 bits per heavy atom. The van der Waals surface area contributed by atoms with Crippen LogP contribution >= 0.6 is 15.9 Å². The standard InChI is InChI=1S/C8H9BrN2O2/c9-5-1-2-7-10-6(8(12)13)4-11(7)3-5/h1-2,6,10H,3-4H2,(H,12,13)/t6-/m0/s1. The molecule has 5 heteroatoms. The highest BCUT2D eigenvalue weighted by Gasteiger charge is 2.31. The molecule has 2 N–H and O–H groups in total. The first kappa shape index (κ1) is 8.62. The molecule has 13 heavy (non-hydrogen) atoms. The monoisotopic (exact) mass is 244 g/mol. The Labute approximate surface area is 84.0 Å². The maximum absolute atomic E-state index is 10.7. The molecule has 0 amide bonds. The zero-order chi connectivity index (χ0) is 9.42. The van der Waals surface area contributed by atoms with Gasteiger partial charge < -0.3 is 15.3 Å². The summed E-state index contributed by atoms with van der Waals surface area (Å²) in [7, 11) is 0. The summed E-state index contributed by atoms with van der Waals surface area (Å²) in [4.78, 5) is 12.7. The van der Waals surface area contributed by atoms with Crippen molar-refractivity contribution in [3.63, 3.8) is 0 Å². The van der Waals surface area contributed by atoms with Crippen molar-refractivity contribution in [3.05, 3.63) is 22.5 Å². The van der Waals surface area contributed by atoms with E-state index in [4.69, 9.17) is 5.11 Å².